The maximum Gasteiger partial charge on any atom is 0.127 e. The van der Waals surface area contributed by atoms with E-state index in [1.54, 1.807) is 18.2 Å². The number of halogens is 2. The molecule has 0 saturated heterocycles. The van der Waals surface area contributed by atoms with Gasteiger partial charge in [0.05, 0.1) is 12.7 Å². The van der Waals surface area contributed by atoms with Gasteiger partial charge in [0.25, 0.3) is 0 Å². The number of fused-ring (bicyclic) bond motifs is 1. The Morgan fingerprint density at radius 3 is 2.41 bits per heavy atom. The van der Waals surface area contributed by atoms with Crippen LogP contribution >= 0.6 is 0 Å². The van der Waals surface area contributed by atoms with Gasteiger partial charge in [-0.3, -0.25) is 0 Å². The van der Waals surface area contributed by atoms with Gasteiger partial charge in [-0.2, -0.15) is 0 Å². The van der Waals surface area contributed by atoms with E-state index in [-0.39, 0.29) is 23.7 Å². The first-order chi connectivity index (χ1) is 14.0. The fourth-order valence-corrected chi connectivity index (χ4v) is 4.11. The summed E-state index contributed by atoms with van der Waals surface area (Å²) in [5, 5.41) is 0. The fourth-order valence-electron chi connectivity index (χ4n) is 4.11. The second-order valence-corrected chi connectivity index (χ2v) is 7.87. The molecule has 2 nitrogen and oxygen atoms in total. The van der Waals surface area contributed by atoms with Crippen LogP contribution in [0.2, 0.25) is 0 Å². The normalized spacial score (nSPS) is 18.1. The second kappa shape index (κ2) is 8.34. The Balaban J connectivity index is 1.44. The minimum atomic E-state index is -0.295. The maximum atomic E-state index is 13.6. The molecule has 0 fully saturated rings. The van der Waals surface area contributed by atoms with Crippen molar-refractivity contribution in [3.05, 3.63) is 95.1 Å². The van der Waals surface area contributed by atoms with Crippen LogP contribution in [-0.4, -0.2) is 6.10 Å². The first kappa shape index (κ1) is 19.6. The summed E-state index contributed by atoms with van der Waals surface area (Å²) in [6, 6.07) is 18.7. The van der Waals surface area contributed by atoms with E-state index in [4.69, 9.17) is 9.47 Å². The van der Waals surface area contributed by atoms with Gasteiger partial charge in [-0.15, -0.1) is 0 Å². The van der Waals surface area contributed by atoms with E-state index in [1.165, 1.54) is 23.8 Å². The van der Waals surface area contributed by atoms with Crippen molar-refractivity contribution in [1.29, 1.82) is 0 Å². The van der Waals surface area contributed by atoms with Crippen molar-refractivity contribution in [2.24, 2.45) is 5.92 Å². The number of ether oxygens (including phenoxy) is 2. The lowest BCUT2D eigenvalue weighted by atomic mass is 9.88. The standard InChI is InChI=1S/C25H24F2O2/c1-16(2)25-23-11-8-20(27)13-18(23)14-24(25)28-15-17-4-3-5-22(12-17)29-21-9-6-19(26)7-10-21/h3-13,16,24-25H,14-15H2,1-2H3. The van der Waals surface area contributed by atoms with Crippen LogP contribution in [0.3, 0.4) is 0 Å². The van der Waals surface area contributed by atoms with Crippen LogP contribution in [0, 0.1) is 17.6 Å². The molecular formula is C25H24F2O2. The molecule has 2 unspecified atom stereocenters. The molecule has 150 valence electrons. The van der Waals surface area contributed by atoms with Crippen LogP contribution in [-0.2, 0) is 17.8 Å². The molecule has 0 N–H and O–H groups in total. The molecule has 0 radical (unpaired) electrons. The second-order valence-electron chi connectivity index (χ2n) is 7.87. The van der Waals surface area contributed by atoms with Crippen molar-refractivity contribution in [1.82, 2.24) is 0 Å². The van der Waals surface area contributed by atoms with E-state index >= 15 is 0 Å². The zero-order valence-electron chi connectivity index (χ0n) is 16.6. The Kier molecular flexibility index (Phi) is 5.63. The van der Waals surface area contributed by atoms with Gasteiger partial charge in [-0.25, -0.2) is 8.78 Å². The summed E-state index contributed by atoms with van der Waals surface area (Å²) in [4.78, 5) is 0. The van der Waals surface area contributed by atoms with Crippen LogP contribution in [0.1, 0.15) is 36.5 Å². The number of hydrogen-bond acceptors (Lipinski definition) is 2. The smallest absolute Gasteiger partial charge is 0.127 e. The topological polar surface area (TPSA) is 18.5 Å². The minimum Gasteiger partial charge on any atom is -0.457 e. The molecule has 1 aliphatic rings. The average Bonchev–Trinajstić information content (AvgIpc) is 3.06. The molecule has 3 aromatic rings. The third kappa shape index (κ3) is 4.48. The molecule has 4 rings (SSSR count). The van der Waals surface area contributed by atoms with Gasteiger partial charge < -0.3 is 9.47 Å². The van der Waals surface area contributed by atoms with Gasteiger partial charge in [-0.05, 0) is 77.6 Å². The summed E-state index contributed by atoms with van der Waals surface area (Å²) in [6.45, 7) is 4.80. The van der Waals surface area contributed by atoms with Gasteiger partial charge in [0.1, 0.15) is 23.1 Å². The molecule has 0 aliphatic heterocycles. The quantitative estimate of drug-likeness (QED) is 0.467. The highest BCUT2D eigenvalue weighted by atomic mass is 19.1. The van der Waals surface area contributed by atoms with Crippen LogP contribution in [0.5, 0.6) is 11.5 Å². The third-order valence-electron chi connectivity index (χ3n) is 5.42. The van der Waals surface area contributed by atoms with Gasteiger partial charge in [0, 0.05) is 5.92 Å². The van der Waals surface area contributed by atoms with Crippen LogP contribution < -0.4 is 4.74 Å². The molecular weight excluding hydrogens is 370 g/mol. The zero-order valence-corrected chi connectivity index (χ0v) is 16.6. The number of rotatable bonds is 6. The molecule has 1 aliphatic carbocycles. The largest absolute Gasteiger partial charge is 0.457 e. The Bertz CT molecular complexity index is 982. The SMILES string of the molecule is CC(C)C1c2ccc(F)cc2CC1OCc1cccc(Oc2ccc(F)cc2)c1. The lowest BCUT2D eigenvalue weighted by molar-refractivity contribution is 0.0204. The highest BCUT2D eigenvalue weighted by molar-refractivity contribution is 5.38. The van der Waals surface area contributed by atoms with E-state index in [9.17, 15) is 8.78 Å². The van der Waals surface area contributed by atoms with Crippen LogP contribution in [0.25, 0.3) is 0 Å². The Hall–Kier alpha value is -2.72. The minimum absolute atomic E-state index is 0.0217. The maximum absolute atomic E-state index is 13.6. The summed E-state index contributed by atoms with van der Waals surface area (Å²) in [5.74, 6) is 1.42. The van der Waals surface area contributed by atoms with Gasteiger partial charge >= 0.3 is 0 Å². The summed E-state index contributed by atoms with van der Waals surface area (Å²) < 4.78 is 38.8. The van der Waals surface area contributed by atoms with E-state index < -0.39 is 0 Å². The van der Waals surface area contributed by atoms with Crippen molar-refractivity contribution < 1.29 is 18.3 Å². The predicted molar refractivity (Wildman–Crippen MR) is 109 cm³/mol. The van der Waals surface area contributed by atoms with Crippen molar-refractivity contribution in [2.45, 2.75) is 38.9 Å². The van der Waals surface area contributed by atoms with E-state index in [0.29, 0.717) is 24.0 Å². The van der Waals surface area contributed by atoms with Crippen LogP contribution in [0.4, 0.5) is 8.78 Å². The Labute approximate surface area is 170 Å². The highest BCUT2D eigenvalue weighted by Crippen LogP contribution is 2.40. The van der Waals surface area contributed by atoms with Crippen molar-refractivity contribution in [3.8, 4) is 11.5 Å². The molecule has 0 saturated carbocycles. The summed E-state index contributed by atoms with van der Waals surface area (Å²) in [7, 11) is 0. The average molecular weight is 394 g/mol. The first-order valence-corrected chi connectivity index (χ1v) is 9.92. The van der Waals surface area contributed by atoms with E-state index in [1.807, 2.05) is 30.3 Å². The Morgan fingerprint density at radius 1 is 0.897 bits per heavy atom. The monoisotopic (exact) mass is 394 g/mol. The molecule has 0 heterocycles. The number of hydrogen-bond donors (Lipinski definition) is 0. The zero-order chi connectivity index (χ0) is 20.4. The molecule has 0 amide bonds. The lowest BCUT2D eigenvalue weighted by Crippen LogP contribution is -2.22. The van der Waals surface area contributed by atoms with E-state index in [2.05, 4.69) is 13.8 Å². The van der Waals surface area contributed by atoms with E-state index in [0.717, 1.165) is 17.5 Å². The Morgan fingerprint density at radius 2 is 1.66 bits per heavy atom. The molecule has 0 aromatic heterocycles. The number of benzene rings is 3. The third-order valence-corrected chi connectivity index (χ3v) is 5.42. The molecule has 0 bridgehead atoms. The summed E-state index contributed by atoms with van der Waals surface area (Å²) in [6.07, 6.45) is 0.746. The van der Waals surface area contributed by atoms with Crippen molar-refractivity contribution in [3.63, 3.8) is 0 Å². The molecule has 4 heteroatoms. The summed E-state index contributed by atoms with van der Waals surface area (Å²) >= 11 is 0. The molecule has 2 atom stereocenters. The summed E-state index contributed by atoms with van der Waals surface area (Å²) in [5.41, 5.74) is 3.23. The first-order valence-electron chi connectivity index (χ1n) is 9.92. The molecule has 29 heavy (non-hydrogen) atoms. The molecule has 3 aromatic carbocycles. The highest BCUT2D eigenvalue weighted by Gasteiger charge is 2.35. The molecule has 0 spiro atoms. The predicted octanol–water partition coefficient (Wildman–Crippen LogP) is 6.64. The van der Waals surface area contributed by atoms with Crippen molar-refractivity contribution in [2.75, 3.05) is 0 Å². The van der Waals surface area contributed by atoms with Gasteiger partial charge in [-0.1, -0.05) is 32.0 Å². The fraction of sp³-hybridized carbons (Fsp3) is 0.280. The van der Waals surface area contributed by atoms with Gasteiger partial charge in [0.15, 0.2) is 0 Å². The van der Waals surface area contributed by atoms with Gasteiger partial charge in [0.2, 0.25) is 0 Å². The van der Waals surface area contributed by atoms with Crippen LogP contribution in [0.15, 0.2) is 66.7 Å². The van der Waals surface area contributed by atoms with Crippen molar-refractivity contribution >= 4 is 0 Å². The lowest BCUT2D eigenvalue weighted by Gasteiger charge is -2.24.